The number of methoxy groups -OCH3 is 1. The lowest BCUT2D eigenvalue weighted by Crippen LogP contribution is -2.29. The van der Waals surface area contributed by atoms with E-state index in [0.717, 1.165) is 42.6 Å². The van der Waals surface area contributed by atoms with Crippen molar-refractivity contribution in [2.45, 2.75) is 78.0 Å². The maximum atomic E-state index is 12.6. The predicted molar refractivity (Wildman–Crippen MR) is 149 cm³/mol. The van der Waals surface area contributed by atoms with Gasteiger partial charge in [0, 0.05) is 19.6 Å². The van der Waals surface area contributed by atoms with Crippen LogP contribution in [0.1, 0.15) is 79.0 Å². The van der Waals surface area contributed by atoms with E-state index in [1.807, 2.05) is 12.1 Å². The van der Waals surface area contributed by atoms with Gasteiger partial charge in [-0.1, -0.05) is 99.5 Å². The van der Waals surface area contributed by atoms with Gasteiger partial charge < -0.3 is 10.1 Å². The van der Waals surface area contributed by atoms with Crippen molar-refractivity contribution in [1.29, 1.82) is 0 Å². The molecule has 0 aliphatic carbocycles. The molecular formula is C32H42N2O2. The Labute approximate surface area is 217 Å². The van der Waals surface area contributed by atoms with E-state index in [4.69, 9.17) is 4.74 Å². The van der Waals surface area contributed by atoms with E-state index in [1.54, 1.807) is 0 Å². The monoisotopic (exact) mass is 486 g/mol. The molecule has 0 saturated carbocycles. The molecule has 0 heterocycles. The summed E-state index contributed by atoms with van der Waals surface area (Å²) >= 11 is 0. The van der Waals surface area contributed by atoms with E-state index in [2.05, 4.69) is 85.1 Å². The molecule has 1 unspecified atom stereocenters. The molecule has 36 heavy (non-hydrogen) atoms. The highest BCUT2D eigenvalue weighted by molar-refractivity contribution is 5.77. The summed E-state index contributed by atoms with van der Waals surface area (Å²) in [5, 5.41) is 6.93. The fourth-order valence-electron chi connectivity index (χ4n) is 4.32. The van der Waals surface area contributed by atoms with Crippen molar-refractivity contribution in [3.63, 3.8) is 0 Å². The van der Waals surface area contributed by atoms with Gasteiger partial charge in [-0.25, -0.2) is 4.79 Å². The number of esters is 1. The summed E-state index contributed by atoms with van der Waals surface area (Å²) in [5.74, 6) is -0.275. The van der Waals surface area contributed by atoms with Crippen LogP contribution in [0.25, 0.3) is 0 Å². The third kappa shape index (κ3) is 8.92. The van der Waals surface area contributed by atoms with Crippen LogP contribution >= 0.6 is 0 Å². The van der Waals surface area contributed by atoms with Crippen molar-refractivity contribution in [3.05, 3.63) is 106 Å². The predicted octanol–water partition coefficient (Wildman–Crippen LogP) is 6.67. The highest BCUT2D eigenvalue weighted by atomic mass is 16.5. The second-order valence-corrected chi connectivity index (χ2v) is 9.53. The first-order valence-corrected chi connectivity index (χ1v) is 13.4. The number of hydrogen-bond donors (Lipinski definition) is 2. The molecule has 3 aromatic carbocycles. The van der Waals surface area contributed by atoms with Crippen LogP contribution in [0.3, 0.4) is 0 Å². The first-order valence-electron chi connectivity index (χ1n) is 13.4. The molecule has 4 nitrogen and oxygen atoms in total. The van der Waals surface area contributed by atoms with Crippen LogP contribution in [0, 0.1) is 0 Å². The van der Waals surface area contributed by atoms with Crippen LogP contribution in [0.2, 0.25) is 0 Å². The molecule has 3 aromatic rings. The summed E-state index contributed by atoms with van der Waals surface area (Å²) in [4.78, 5) is 12.6. The number of benzene rings is 3. The molecule has 2 N–H and O–H groups in total. The largest absolute Gasteiger partial charge is 0.468 e. The lowest BCUT2D eigenvalue weighted by atomic mass is 10.0. The molecular weight excluding hydrogens is 444 g/mol. The number of carbonyl (C=O) groups is 1. The maximum Gasteiger partial charge on any atom is 0.327 e. The van der Waals surface area contributed by atoms with E-state index in [1.165, 1.54) is 49.5 Å². The second kappa shape index (κ2) is 15.2. The molecule has 192 valence electrons. The average molecular weight is 487 g/mol. The molecule has 4 heteroatoms. The van der Waals surface area contributed by atoms with E-state index in [0.29, 0.717) is 6.54 Å². The van der Waals surface area contributed by atoms with Gasteiger partial charge in [-0.15, -0.1) is 0 Å². The zero-order valence-electron chi connectivity index (χ0n) is 22.2. The van der Waals surface area contributed by atoms with Gasteiger partial charge in [0.05, 0.1) is 7.11 Å². The van der Waals surface area contributed by atoms with Gasteiger partial charge in [0.1, 0.15) is 6.04 Å². The van der Waals surface area contributed by atoms with Crippen molar-refractivity contribution in [2.24, 2.45) is 0 Å². The topological polar surface area (TPSA) is 50.4 Å². The Balaban J connectivity index is 1.56. The summed E-state index contributed by atoms with van der Waals surface area (Å²) in [7, 11) is 1.44. The highest BCUT2D eigenvalue weighted by Gasteiger charge is 2.21. The fourth-order valence-corrected chi connectivity index (χ4v) is 4.32. The third-order valence-electron chi connectivity index (χ3n) is 6.57. The summed E-state index contributed by atoms with van der Waals surface area (Å²) in [5.41, 5.74) is 7.26. The Kier molecular flexibility index (Phi) is 11.7. The summed E-state index contributed by atoms with van der Waals surface area (Å²) in [6, 6.07) is 25.2. The third-order valence-corrected chi connectivity index (χ3v) is 6.57. The molecule has 0 radical (unpaired) electrons. The Morgan fingerprint density at radius 1 is 0.722 bits per heavy atom. The maximum absolute atomic E-state index is 12.6. The fraction of sp³-hybridized carbons (Fsp3) is 0.406. The van der Waals surface area contributed by atoms with Crippen molar-refractivity contribution in [1.82, 2.24) is 10.6 Å². The molecule has 0 fully saturated rings. The van der Waals surface area contributed by atoms with E-state index in [9.17, 15) is 4.79 Å². The summed E-state index contributed by atoms with van der Waals surface area (Å²) in [6.45, 7) is 6.58. The Morgan fingerprint density at radius 2 is 1.25 bits per heavy atom. The van der Waals surface area contributed by atoms with E-state index >= 15 is 0 Å². The van der Waals surface area contributed by atoms with Crippen molar-refractivity contribution >= 4 is 5.97 Å². The number of rotatable bonds is 15. The number of ether oxygens (including phenoxy) is 1. The number of hydrogen-bond acceptors (Lipinski definition) is 4. The molecule has 0 spiro atoms. The van der Waals surface area contributed by atoms with Crippen LogP contribution < -0.4 is 10.6 Å². The quantitative estimate of drug-likeness (QED) is 0.236. The SMILES string of the molecule is CCCCc1ccc(CNCc2cccc(C(NCc3ccc(CCCC)cc3)C(=O)OC)c2)cc1. The van der Waals surface area contributed by atoms with Gasteiger partial charge in [-0.2, -0.15) is 0 Å². The van der Waals surface area contributed by atoms with Gasteiger partial charge >= 0.3 is 5.97 Å². The molecule has 3 rings (SSSR count). The molecule has 0 aliphatic heterocycles. The minimum absolute atomic E-state index is 0.275. The minimum Gasteiger partial charge on any atom is -0.468 e. The molecule has 0 bridgehead atoms. The Hall–Kier alpha value is -2.95. The van der Waals surface area contributed by atoms with Crippen LogP contribution in [0.4, 0.5) is 0 Å². The smallest absolute Gasteiger partial charge is 0.327 e. The Bertz CT molecular complexity index is 1040. The molecule has 1 atom stereocenters. The van der Waals surface area contributed by atoms with Gasteiger partial charge in [-0.3, -0.25) is 5.32 Å². The second-order valence-electron chi connectivity index (χ2n) is 9.53. The highest BCUT2D eigenvalue weighted by Crippen LogP contribution is 2.18. The number of nitrogens with one attached hydrogen (secondary N) is 2. The molecule has 0 saturated heterocycles. The van der Waals surface area contributed by atoms with Gasteiger partial charge in [0.2, 0.25) is 0 Å². The molecule has 0 aromatic heterocycles. The van der Waals surface area contributed by atoms with Crippen molar-refractivity contribution in [2.75, 3.05) is 7.11 Å². The zero-order chi connectivity index (χ0) is 25.6. The lowest BCUT2D eigenvalue weighted by Gasteiger charge is -2.18. The lowest BCUT2D eigenvalue weighted by molar-refractivity contribution is -0.143. The van der Waals surface area contributed by atoms with Gasteiger partial charge in [-0.05, 0) is 59.1 Å². The molecule has 0 amide bonds. The van der Waals surface area contributed by atoms with Crippen molar-refractivity contribution < 1.29 is 9.53 Å². The first-order chi connectivity index (χ1) is 17.6. The summed E-state index contributed by atoms with van der Waals surface area (Å²) in [6.07, 6.45) is 7.13. The van der Waals surface area contributed by atoms with Crippen LogP contribution in [0.5, 0.6) is 0 Å². The minimum atomic E-state index is -0.509. The number of aryl methyl sites for hydroxylation is 2. The number of carbonyl (C=O) groups excluding carboxylic acids is 1. The van der Waals surface area contributed by atoms with Gasteiger partial charge in [0.15, 0.2) is 0 Å². The van der Waals surface area contributed by atoms with Crippen molar-refractivity contribution in [3.8, 4) is 0 Å². The first kappa shape index (κ1) is 27.6. The average Bonchev–Trinajstić information content (AvgIpc) is 2.92. The normalized spacial score (nSPS) is 11.9. The standard InChI is InChI=1S/C32H42N2O2/c1-4-6-9-25-13-17-27(18-14-25)22-33-23-29-11-8-12-30(21-29)31(32(35)36-3)34-24-28-19-15-26(16-20-28)10-7-5-2/h8,11-21,31,33-34H,4-7,9-10,22-24H2,1-3H3. The summed E-state index contributed by atoms with van der Waals surface area (Å²) < 4.78 is 5.11. The van der Waals surface area contributed by atoms with Crippen LogP contribution in [0.15, 0.2) is 72.8 Å². The van der Waals surface area contributed by atoms with Gasteiger partial charge in [0.25, 0.3) is 0 Å². The Morgan fingerprint density at radius 3 is 1.81 bits per heavy atom. The van der Waals surface area contributed by atoms with E-state index in [-0.39, 0.29) is 5.97 Å². The zero-order valence-corrected chi connectivity index (χ0v) is 22.2. The van der Waals surface area contributed by atoms with Crippen LogP contribution in [-0.4, -0.2) is 13.1 Å². The number of unbranched alkanes of at least 4 members (excludes halogenated alkanes) is 2. The molecule has 0 aliphatic rings. The van der Waals surface area contributed by atoms with E-state index < -0.39 is 6.04 Å². The van der Waals surface area contributed by atoms with Crippen LogP contribution in [-0.2, 0) is 42.0 Å².